The fourth-order valence-electron chi connectivity index (χ4n) is 4.24. The second-order valence-electron chi connectivity index (χ2n) is 8.61. The summed E-state index contributed by atoms with van der Waals surface area (Å²) >= 11 is 0. The lowest BCUT2D eigenvalue weighted by atomic mass is 9.91. The van der Waals surface area contributed by atoms with E-state index in [1.54, 1.807) is 0 Å². The van der Waals surface area contributed by atoms with Crippen LogP contribution in [0.25, 0.3) is 11.1 Å². The van der Waals surface area contributed by atoms with E-state index < -0.39 is 63.4 Å². The summed E-state index contributed by atoms with van der Waals surface area (Å²) in [5.74, 6) is -16.3. The molecule has 0 spiro atoms. The first-order valence-corrected chi connectivity index (χ1v) is 11.4. The topological polar surface area (TPSA) is 3.24 Å². The minimum absolute atomic E-state index is 0.0291. The third-order valence-electron chi connectivity index (χ3n) is 6.19. The van der Waals surface area contributed by atoms with Crippen LogP contribution in [0, 0.1) is 58.4 Å². The second-order valence-corrected chi connectivity index (χ2v) is 8.61. The monoisotopic (exact) mass is 495 g/mol. The van der Waals surface area contributed by atoms with Gasteiger partial charge >= 0.3 is 0 Å². The molecule has 0 bridgehead atoms. The van der Waals surface area contributed by atoms with E-state index in [1.807, 2.05) is 6.92 Å². The SMILES string of the molecule is CCCC(CC)CCC(C)CN(CC)c1c(F)c(F)c(F)c(F)c1-c1cc(F)c(F)c(F)c1F. The molecule has 0 aromatic heterocycles. The van der Waals surface area contributed by atoms with E-state index in [0.717, 1.165) is 25.7 Å². The van der Waals surface area contributed by atoms with Gasteiger partial charge in [0, 0.05) is 18.7 Å². The molecule has 9 heteroatoms. The molecule has 2 atom stereocenters. The first-order valence-electron chi connectivity index (χ1n) is 11.4. The zero-order valence-corrected chi connectivity index (χ0v) is 19.7. The second kappa shape index (κ2) is 11.9. The van der Waals surface area contributed by atoms with Crippen molar-refractivity contribution in [3.05, 3.63) is 52.6 Å². The van der Waals surface area contributed by atoms with Gasteiger partial charge in [-0.05, 0) is 31.2 Å². The van der Waals surface area contributed by atoms with E-state index in [9.17, 15) is 35.1 Å². The van der Waals surface area contributed by atoms with Crippen LogP contribution in [0.2, 0.25) is 0 Å². The summed E-state index contributed by atoms with van der Waals surface area (Å²) in [5.41, 5.74) is -3.34. The van der Waals surface area contributed by atoms with Crippen LogP contribution in [0.3, 0.4) is 0 Å². The first kappa shape index (κ1) is 27.9. The summed E-state index contributed by atoms with van der Waals surface area (Å²) in [4.78, 5) is 1.17. The number of hydrogen-bond donors (Lipinski definition) is 0. The van der Waals surface area contributed by atoms with Crippen molar-refractivity contribution in [3.63, 3.8) is 0 Å². The van der Waals surface area contributed by atoms with Crippen LogP contribution in [0.1, 0.15) is 59.8 Å². The van der Waals surface area contributed by atoms with Crippen LogP contribution < -0.4 is 4.90 Å². The smallest absolute Gasteiger partial charge is 0.199 e. The zero-order chi connectivity index (χ0) is 25.7. The Balaban J connectivity index is 2.58. The predicted molar refractivity (Wildman–Crippen MR) is 117 cm³/mol. The highest BCUT2D eigenvalue weighted by Gasteiger charge is 2.33. The van der Waals surface area contributed by atoms with Gasteiger partial charge in [-0.3, -0.25) is 0 Å². The van der Waals surface area contributed by atoms with E-state index in [1.165, 1.54) is 11.8 Å². The quantitative estimate of drug-likeness (QED) is 0.172. The Morgan fingerprint density at radius 1 is 0.706 bits per heavy atom. The summed E-state index contributed by atoms with van der Waals surface area (Å²) in [5, 5.41) is 0. The Morgan fingerprint density at radius 3 is 1.85 bits per heavy atom. The van der Waals surface area contributed by atoms with Gasteiger partial charge < -0.3 is 4.90 Å². The van der Waals surface area contributed by atoms with Crippen LogP contribution in [-0.4, -0.2) is 13.1 Å². The highest BCUT2D eigenvalue weighted by atomic mass is 19.2. The number of rotatable bonds is 11. The maximum Gasteiger partial charge on any atom is 0.199 e. The maximum absolute atomic E-state index is 14.9. The van der Waals surface area contributed by atoms with Crippen molar-refractivity contribution in [1.29, 1.82) is 0 Å². The molecule has 0 saturated heterocycles. The fraction of sp³-hybridized carbons (Fsp3) is 0.520. The molecule has 34 heavy (non-hydrogen) atoms. The molecule has 190 valence electrons. The Bertz CT molecular complexity index is 1010. The molecule has 0 N–H and O–H groups in total. The van der Waals surface area contributed by atoms with E-state index in [4.69, 9.17) is 0 Å². The van der Waals surface area contributed by atoms with Gasteiger partial charge in [0.15, 0.2) is 46.5 Å². The average Bonchev–Trinajstić information content (AvgIpc) is 2.82. The summed E-state index contributed by atoms with van der Waals surface area (Å²) in [7, 11) is 0. The fourth-order valence-corrected chi connectivity index (χ4v) is 4.24. The zero-order valence-electron chi connectivity index (χ0n) is 19.7. The average molecular weight is 495 g/mol. The van der Waals surface area contributed by atoms with Crippen LogP contribution in [0.4, 0.5) is 40.8 Å². The first-order chi connectivity index (χ1) is 16.0. The molecule has 0 fully saturated rings. The van der Waals surface area contributed by atoms with Gasteiger partial charge in [-0.2, -0.15) is 0 Å². The van der Waals surface area contributed by atoms with Gasteiger partial charge in [0.25, 0.3) is 0 Å². The minimum atomic E-state index is -2.27. The molecule has 1 nitrogen and oxygen atoms in total. The van der Waals surface area contributed by atoms with Crippen molar-refractivity contribution in [1.82, 2.24) is 0 Å². The summed E-state index contributed by atoms with van der Waals surface area (Å²) in [6, 6.07) is 0.0975. The van der Waals surface area contributed by atoms with Gasteiger partial charge in [0.1, 0.15) is 0 Å². The van der Waals surface area contributed by atoms with E-state index in [-0.39, 0.29) is 25.1 Å². The van der Waals surface area contributed by atoms with Gasteiger partial charge in [0.05, 0.1) is 11.3 Å². The molecule has 0 aliphatic heterocycles. The molecule has 2 aromatic rings. The highest BCUT2D eigenvalue weighted by molar-refractivity contribution is 5.80. The van der Waals surface area contributed by atoms with Crippen LogP contribution >= 0.6 is 0 Å². The summed E-state index contributed by atoms with van der Waals surface area (Å²) in [6.07, 6.45) is 4.61. The van der Waals surface area contributed by atoms with Crippen LogP contribution in [0.5, 0.6) is 0 Å². The predicted octanol–water partition coefficient (Wildman–Crippen LogP) is 8.54. The molecule has 2 rings (SSSR count). The lowest BCUT2D eigenvalue weighted by Crippen LogP contribution is -2.31. The van der Waals surface area contributed by atoms with Crippen LogP contribution in [0.15, 0.2) is 6.07 Å². The Morgan fingerprint density at radius 2 is 1.29 bits per heavy atom. The largest absolute Gasteiger partial charge is 0.368 e. The Hall–Kier alpha value is -2.32. The number of hydrogen-bond acceptors (Lipinski definition) is 1. The standard InChI is InChI=1S/C25H29F8N/c1-5-8-14(6-2)10-9-13(4)12-34(7-3)25-17(20(29)22(31)23(32)24(25)33)15-11-16(26)19(28)21(30)18(15)27/h11,13-14H,5-10,12H2,1-4H3. The number of nitrogens with zero attached hydrogens (tertiary/aromatic N) is 1. The number of halogens is 8. The van der Waals surface area contributed by atoms with Crippen molar-refractivity contribution >= 4 is 5.69 Å². The molecule has 0 aliphatic carbocycles. The Labute approximate surface area is 194 Å². The van der Waals surface area contributed by atoms with Gasteiger partial charge in [0.2, 0.25) is 0 Å². The molecule has 0 amide bonds. The minimum Gasteiger partial charge on any atom is -0.368 e. The molecule has 0 radical (unpaired) electrons. The summed E-state index contributed by atoms with van der Waals surface area (Å²) < 4.78 is 114. The van der Waals surface area contributed by atoms with Crippen molar-refractivity contribution in [2.75, 3.05) is 18.0 Å². The molecular weight excluding hydrogens is 466 g/mol. The molecular formula is C25H29F8N. The molecule has 0 aliphatic rings. The molecule has 0 saturated carbocycles. The van der Waals surface area contributed by atoms with Gasteiger partial charge in [-0.25, -0.2) is 35.1 Å². The van der Waals surface area contributed by atoms with Crippen LogP contribution in [-0.2, 0) is 0 Å². The lowest BCUT2D eigenvalue weighted by molar-refractivity contribution is 0.375. The molecule has 0 heterocycles. The van der Waals surface area contributed by atoms with Gasteiger partial charge in [-0.15, -0.1) is 0 Å². The maximum atomic E-state index is 14.9. The number of anilines is 1. The normalized spacial score (nSPS) is 13.3. The van der Waals surface area contributed by atoms with E-state index in [2.05, 4.69) is 13.8 Å². The van der Waals surface area contributed by atoms with E-state index in [0.29, 0.717) is 12.3 Å². The van der Waals surface area contributed by atoms with Gasteiger partial charge in [-0.1, -0.05) is 46.5 Å². The molecule has 2 aromatic carbocycles. The lowest BCUT2D eigenvalue weighted by Gasteiger charge is -2.30. The van der Waals surface area contributed by atoms with E-state index >= 15 is 0 Å². The Kier molecular flexibility index (Phi) is 9.76. The van der Waals surface area contributed by atoms with Crippen molar-refractivity contribution in [2.45, 2.75) is 59.8 Å². The number of benzene rings is 2. The molecule has 2 unspecified atom stereocenters. The van der Waals surface area contributed by atoms with Crippen molar-refractivity contribution < 1.29 is 35.1 Å². The summed E-state index contributed by atoms with van der Waals surface area (Å²) in [6.45, 7) is 7.55. The van der Waals surface area contributed by atoms with Crippen molar-refractivity contribution in [2.24, 2.45) is 11.8 Å². The third-order valence-corrected chi connectivity index (χ3v) is 6.19. The highest BCUT2D eigenvalue weighted by Crippen LogP contribution is 2.41. The third kappa shape index (κ3) is 5.66. The van der Waals surface area contributed by atoms with Crippen molar-refractivity contribution in [3.8, 4) is 11.1 Å².